The lowest BCUT2D eigenvalue weighted by molar-refractivity contribution is 0.295. The van der Waals surface area contributed by atoms with Crippen LogP contribution < -0.4 is 0 Å². The lowest BCUT2D eigenvalue weighted by Gasteiger charge is -2.45. The van der Waals surface area contributed by atoms with Crippen molar-refractivity contribution in [2.24, 2.45) is 17.8 Å². The Morgan fingerprint density at radius 3 is 2.53 bits per heavy atom. The van der Waals surface area contributed by atoms with Crippen LogP contribution in [-0.4, -0.2) is 15.1 Å². The smallest absolute Gasteiger partial charge is 0.0500 e. The van der Waals surface area contributed by atoms with Crippen LogP contribution in [0, 0.1) is 17.8 Å². The first-order chi connectivity index (χ1) is 8.99. The van der Waals surface area contributed by atoms with Crippen molar-refractivity contribution in [2.75, 3.05) is 6.61 Å². The predicted octanol–water partition coefficient (Wildman–Crippen LogP) is 5.14. The summed E-state index contributed by atoms with van der Waals surface area (Å²) in [7, 11) is 0. The van der Waals surface area contributed by atoms with Gasteiger partial charge in [0.2, 0.25) is 0 Å². The number of fused-ring (bicyclic) bond motifs is 1. The molecule has 0 aromatic rings. The number of allylic oxidation sites excluding steroid dienone is 4. The normalized spacial score (nSPS) is 36.9. The molecule has 0 fully saturated rings. The maximum absolute atomic E-state index is 7.88. The molecule has 0 heterocycles. The number of halogens is 1. The monoisotopic (exact) mass is 376 g/mol. The molecule has 0 bridgehead atoms. The van der Waals surface area contributed by atoms with E-state index in [0.29, 0.717) is 10.0 Å². The largest absolute Gasteiger partial charge is 0.396 e. The molecule has 3 unspecified atom stereocenters. The Bertz CT molecular complexity index is 332. The molecule has 2 rings (SSSR count). The lowest BCUT2D eigenvalue weighted by atomic mass is 9.67. The molecule has 4 atom stereocenters. The van der Waals surface area contributed by atoms with Crippen LogP contribution in [0.1, 0.15) is 53.4 Å². The molecule has 2 heteroatoms. The second-order valence-electron chi connectivity index (χ2n) is 5.96. The third kappa shape index (κ3) is 4.07. The number of alkyl halides is 1. The summed E-state index contributed by atoms with van der Waals surface area (Å²) in [5, 5.41) is 7.88. The Labute approximate surface area is 132 Å². The van der Waals surface area contributed by atoms with Crippen molar-refractivity contribution in [3.63, 3.8) is 0 Å². The molecular formula is C17H29IO. The summed E-state index contributed by atoms with van der Waals surface area (Å²) >= 11 is 2.74. The number of hydrogen-bond donors (Lipinski definition) is 1. The summed E-state index contributed by atoms with van der Waals surface area (Å²) in [6.07, 6.45) is 12.2. The highest BCUT2D eigenvalue weighted by molar-refractivity contribution is 14.1. The summed E-state index contributed by atoms with van der Waals surface area (Å²) in [6.45, 7) is 9.31. The molecule has 110 valence electrons. The van der Waals surface area contributed by atoms with E-state index in [1.54, 1.807) is 5.57 Å². The average molecular weight is 376 g/mol. The lowest BCUT2D eigenvalue weighted by Crippen LogP contribution is -2.41. The van der Waals surface area contributed by atoms with E-state index in [1.165, 1.54) is 19.3 Å². The second kappa shape index (κ2) is 7.82. The molecule has 0 radical (unpaired) electrons. The van der Waals surface area contributed by atoms with E-state index < -0.39 is 0 Å². The summed E-state index contributed by atoms with van der Waals surface area (Å²) in [6, 6.07) is 0. The summed E-state index contributed by atoms with van der Waals surface area (Å²) in [5.74, 6) is 2.36. The minimum absolute atomic E-state index is 0.319. The Morgan fingerprint density at radius 2 is 2.00 bits per heavy atom. The fourth-order valence-electron chi connectivity index (χ4n) is 3.21. The van der Waals surface area contributed by atoms with Crippen LogP contribution in [0.3, 0.4) is 0 Å². The van der Waals surface area contributed by atoms with E-state index >= 15 is 0 Å². The van der Waals surface area contributed by atoms with E-state index in [4.69, 9.17) is 5.11 Å². The van der Waals surface area contributed by atoms with Crippen molar-refractivity contribution in [3.8, 4) is 0 Å². The Kier molecular flexibility index (Phi) is 7.09. The Morgan fingerprint density at radius 1 is 1.37 bits per heavy atom. The molecule has 0 saturated heterocycles. The molecule has 0 aromatic heterocycles. The number of aliphatic hydroxyl groups is 1. The SMILES string of the molecule is CCC1C(C)C=CC2=C[C@H](C)CCC21I.CCCO. The van der Waals surface area contributed by atoms with Gasteiger partial charge >= 0.3 is 0 Å². The number of aliphatic hydroxyl groups excluding tert-OH is 1. The van der Waals surface area contributed by atoms with Gasteiger partial charge in [-0.05, 0) is 42.6 Å². The molecule has 1 N–H and O–H groups in total. The van der Waals surface area contributed by atoms with Crippen LogP contribution >= 0.6 is 22.6 Å². The van der Waals surface area contributed by atoms with Gasteiger partial charge < -0.3 is 5.11 Å². The van der Waals surface area contributed by atoms with E-state index in [9.17, 15) is 0 Å². The van der Waals surface area contributed by atoms with Crippen molar-refractivity contribution in [1.82, 2.24) is 0 Å². The molecule has 0 spiro atoms. The topological polar surface area (TPSA) is 20.2 Å². The molecule has 2 aliphatic carbocycles. The zero-order valence-corrected chi connectivity index (χ0v) is 15.0. The van der Waals surface area contributed by atoms with Gasteiger partial charge in [0, 0.05) is 6.61 Å². The summed E-state index contributed by atoms with van der Waals surface area (Å²) in [5.41, 5.74) is 1.60. The first kappa shape index (κ1) is 17.2. The van der Waals surface area contributed by atoms with Gasteiger partial charge in [0.15, 0.2) is 0 Å². The fourth-order valence-corrected chi connectivity index (χ4v) is 4.88. The van der Waals surface area contributed by atoms with E-state index in [0.717, 1.165) is 24.2 Å². The van der Waals surface area contributed by atoms with E-state index in [2.05, 4.69) is 61.6 Å². The van der Waals surface area contributed by atoms with Crippen LogP contribution in [0.5, 0.6) is 0 Å². The summed E-state index contributed by atoms with van der Waals surface area (Å²) in [4.78, 5) is 0. The molecule has 19 heavy (non-hydrogen) atoms. The van der Waals surface area contributed by atoms with Crippen LogP contribution in [-0.2, 0) is 0 Å². The van der Waals surface area contributed by atoms with Gasteiger partial charge in [0.25, 0.3) is 0 Å². The van der Waals surface area contributed by atoms with Gasteiger partial charge in [0.05, 0.1) is 3.42 Å². The third-order valence-electron chi connectivity index (χ3n) is 4.37. The zero-order chi connectivity index (χ0) is 14.5. The maximum atomic E-state index is 7.88. The number of hydrogen-bond acceptors (Lipinski definition) is 1. The van der Waals surface area contributed by atoms with Crippen LogP contribution in [0.15, 0.2) is 23.8 Å². The fraction of sp³-hybridized carbons (Fsp3) is 0.765. The van der Waals surface area contributed by atoms with E-state index in [1.807, 2.05) is 6.92 Å². The van der Waals surface area contributed by atoms with Crippen LogP contribution in [0.25, 0.3) is 0 Å². The first-order valence-corrected chi connectivity index (χ1v) is 8.77. The van der Waals surface area contributed by atoms with Gasteiger partial charge in [-0.2, -0.15) is 0 Å². The van der Waals surface area contributed by atoms with Gasteiger partial charge in [-0.1, -0.05) is 74.9 Å². The first-order valence-electron chi connectivity index (χ1n) is 7.69. The van der Waals surface area contributed by atoms with Crippen molar-refractivity contribution in [3.05, 3.63) is 23.8 Å². The maximum Gasteiger partial charge on any atom is 0.0500 e. The molecule has 0 amide bonds. The predicted molar refractivity (Wildman–Crippen MR) is 92.7 cm³/mol. The van der Waals surface area contributed by atoms with Gasteiger partial charge in [-0.15, -0.1) is 0 Å². The molecular weight excluding hydrogens is 347 g/mol. The van der Waals surface area contributed by atoms with Crippen LogP contribution in [0.2, 0.25) is 0 Å². The third-order valence-corrected chi connectivity index (χ3v) is 6.33. The van der Waals surface area contributed by atoms with Crippen molar-refractivity contribution in [2.45, 2.75) is 56.8 Å². The minimum Gasteiger partial charge on any atom is -0.396 e. The van der Waals surface area contributed by atoms with E-state index in [-0.39, 0.29) is 0 Å². The Hall–Kier alpha value is 0.170. The highest BCUT2D eigenvalue weighted by Gasteiger charge is 2.43. The zero-order valence-electron chi connectivity index (χ0n) is 12.8. The van der Waals surface area contributed by atoms with Crippen molar-refractivity contribution in [1.29, 1.82) is 0 Å². The van der Waals surface area contributed by atoms with Crippen molar-refractivity contribution < 1.29 is 5.11 Å². The molecule has 0 aliphatic heterocycles. The molecule has 1 nitrogen and oxygen atoms in total. The van der Waals surface area contributed by atoms with Gasteiger partial charge in [-0.25, -0.2) is 0 Å². The molecule has 0 aromatic carbocycles. The molecule has 2 aliphatic rings. The average Bonchev–Trinajstić information content (AvgIpc) is 2.40. The van der Waals surface area contributed by atoms with Gasteiger partial charge in [-0.3, -0.25) is 0 Å². The highest BCUT2D eigenvalue weighted by Crippen LogP contribution is 2.51. The van der Waals surface area contributed by atoms with Crippen LogP contribution in [0.4, 0.5) is 0 Å². The quantitative estimate of drug-likeness (QED) is 0.523. The Balaban J connectivity index is 0.000000399. The standard InChI is InChI=1S/C14H21I.C3H8O/c1-4-13-11(3)5-6-12-9-10(2)7-8-14(12,13)15;1-2-3-4/h5-6,9-11,13H,4,7-8H2,1-3H3;4H,2-3H2,1H3/t10-,11?,13?,14?;/m1./s1. The second-order valence-corrected chi connectivity index (χ2v) is 7.88. The molecule has 0 saturated carbocycles. The van der Waals surface area contributed by atoms with Gasteiger partial charge in [0.1, 0.15) is 0 Å². The highest BCUT2D eigenvalue weighted by atomic mass is 127. The summed E-state index contributed by atoms with van der Waals surface area (Å²) < 4.78 is 0.438. The minimum atomic E-state index is 0.319. The van der Waals surface area contributed by atoms with Crippen molar-refractivity contribution >= 4 is 22.6 Å². The number of rotatable bonds is 2.